The number of hydrogen-bond acceptors (Lipinski definition) is 0. The van der Waals surface area contributed by atoms with Crippen molar-refractivity contribution in [2.24, 2.45) is 0 Å². The van der Waals surface area contributed by atoms with E-state index in [0.717, 1.165) is 0 Å². The fraction of sp³-hybridized carbons (Fsp3) is 0.143. The first-order chi connectivity index (χ1) is 3.93. The minimum atomic E-state index is 0. The first-order valence-corrected chi connectivity index (χ1v) is 4.39. The quantitative estimate of drug-likeness (QED) is 0.595. The lowest BCUT2D eigenvalue weighted by molar-refractivity contribution is 1.40. The molecule has 0 fully saturated rings. The minimum absolute atomic E-state index is 0. The Bertz CT molecular complexity index is 153. The van der Waals surface area contributed by atoms with Gasteiger partial charge >= 0.3 is 0 Å². The molecule has 0 aliphatic heterocycles. The van der Waals surface area contributed by atoms with E-state index in [1.807, 2.05) is 0 Å². The molecule has 0 amide bonds. The number of hydrogen-bond donors (Lipinski definition) is 0. The molecule has 1 aromatic carbocycles. The summed E-state index contributed by atoms with van der Waals surface area (Å²) in [5, 5.41) is 1.28. The number of benzene rings is 1. The predicted molar refractivity (Wildman–Crippen MR) is 53.2 cm³/mol. The van der Waals surface area contributed by atoms with Gasteiger partial charge in [-0.05, 0) is 0 Å². The molecule has 0 aromatic heterocycles. The minimum Gasteiger partial charge on any atom is -0.147 e. The van der Waals surface area contributed by atoms with Crippen molar-refractivity contribution >= 4 is 41.1 Å². The van der Waals surface area contributed by atoms with E-state index in [1.165, 1.54) is 27.1 Å². The summed E-state index contributed by atoms with van der Waals surface area (Å²) in [6.45, 7) is 0. The van der Waals surface area contributed by atoms with Gasteiger partial charge in [0.05, 0.1) is 0 Å². The summed E-state index contributed by atoms with van der Waals surface area (Å²) in [6.07, 6.45) is 0. The van der Waals surface area contributed by atoms with Gasteiger partial charge in [0.1, 0.15) is 0 Å². The van der Waals surface area contributed by atoms with Crippen molar-refractivity contribution in [1.29, 1.82) is 0 Å². The molecule has 0 spiro atoms. The van der Waals surface area contributed by atoms with Crippen LogP contribution in [0.25, 0.3) is 0 Å². The maximum Gasteiger partial charge on any atom is 0.218 e. The molecule has 10 heavy (non-hydrogen) atoms. The molecule has 0 unspecified atom stereocenters. The molecule has 0 aliphatic carbocycles. The van der Waals surface area contributed by atoms with E-state index >= 15 is 0 Å². The Morgan fingerprint density at radius 1 is 1.00 bits per heavy atom. The molecule has 0 saturated heterocycles. The van der Waals surface area contributed by atoms with Gasteiger partial charge in [0.2, 0.25) is 16.3 Å². The summed E-state index contributed by atoms with van der Waals surface area (Å²) in [4.78, 5) is 0. The van der Waals surface area contributed by atoms with Gasteiger partial charge in [-0.1, -0.05) is 41.2 Å². The molecule has 0 saturated carbocycles. The zero-order chi connectivity index (χ0) is 5.82. The Balaban J connectivity index is 0. The second-order valence-electron chi connectivity index (χ2n) is 1.84. The Hall–Kier alpha value is 0.332. The zero-order valence-corrected chi connectivity index (χ0v) is 9.54. The maximum atomic E-state index is 2.17. The summed E-state index contributed by atoms with van der Waals surface area (Å²) in [6, 6.07) is 10.6. The van der Waals surface area contributed by atoms with Crippen LogP contribution in [-0.2, 0) is 5.28 Å². The van der Waals surface area contributed by atoms with Crippen molar-refractivity contribution in [3.05, 3.63) is 35.9 Å². The van der Waals surface area contributed by atoms with E-state index in [9.17, 15) is 0 Å². The van der Waals surface area contributed by atoms with Gasteiger partial charge in [-0.2, -0.15) is 0 Å². The van der Waals surface area contributed by atoms with E-state index in [1.54, 1.807) is 0 Å². The van der Waals surface area contributed by atoms with Gasteiger partial charge in [0, 0.05) is 0 Å². The van der Waals surface area contributed by atoms with E-state index in [4.69, 9.17) is 0 Å². The molecule has 0 atom stereocenters. The lowest BCUT2D eigenvalue weighted by Gasteiger charge is -1.89. The summed E-state index contributed by atoms with van der Waals surface area (Å²) >= 11 is 1.28. The lowest BCUT2D eigenvalue weighted by Crippen LogP contribution is -1.78. The average Bonchev–Trinajstić information content (AvgIpc) is 1.90. The third-order valence-corrected chi connectivity index (χ3v) is 2.07. The van der Waals surface area contributed by atoms with E-state index in [2.05, 4.69) is 30.3 Å². The summed E-state index contributed by atoms with van der Waals surface area (Å²) in [5.74, 6) is 0. The highest BCUT2D eigenvalue weighted by Crippen LogP contribution is 1.95. The molecule has 0 N–H and O–H groups in total. The summed E-state index contributed by atoms with van der Waals surface area (Å²) < 4.78 is 0. The monoisotopic (exact) mass is 192 g/mol. The Morgan fingerprint density at radius 3 is 1.80 bits per heavy atom. The van der Waals surface area contributed by atoms with Crippen molar-refractivity contribution in [3.63, 3.8) is 0 Å². The van der Waals surface area contributed by atoms with Crippen LogP contribution >= 0.6 is 24.8 Å². The number of halogens is 2. The Kier molecular flexibility index (Phi) is 9.64. The summed E-state index contributed by atoms with van der Waals surface area (Å²) in [7, 11) is 0. The summed E-state index contributed by atoms with van der Waals surface area (Å²) in [5.41, 5.74) is 1.47. The SMILES string of the molecule is Cl.Cl.[AlH2][CH2]c1ccccc1. The van der Waals surface area contributed by atoms with Crippen molar-refractivity contribution in [3.8, 4) is 0 Å². The van der Waals surface area contributed by atoms with Crippen molar-refractivity contribution in [2.75, 3.05) is 0 Å². The van der Waals surface area contributed by atoms with Gasteiger partial charge in [-0.3, -0.25) is 0 Å². The van der Waals surface area contributed by atoms with Crippen molar-refractivity contribution in [1.82, 2.24) is 0 Å². The topological polar surface area (TPSA) is 0 Å². The fourth-order valence-corrected chi connectivity index (χ4v) is 1.19. The zero-order valence-electron chi connectivity index (χ0n) is 5.91. The normalized spacial score (nSPS) is 7.20. The van der Waals surface area contributed by atoms with Crippen molar-refractivity contribution in [2.45, 2.75) is 5.28 Å². The van der Waals surface area contributed by atoms with Gasteiger partial charge < -0.3 is 0 Å². The molecule has 0 radical (unpaired) electrons. The molecule has 3 heteroatoms. The second kappa shape index (κ2) is 7.44. The predicted octanol–water partition coefficient (Wildman–Crippen LogP) is 1.66. The van der Waals surface area contributed by atoms with Crippen LogP contribution in [0.15, 0.2) is 30.3 Å². The molecule has 56 valence electrons. The molecule has 0 nitrogen and oxygen atoms in total. The first kappa shape index (κ1) is 13.0. The molecule has 0 bridgehead atoms. The van der Waals surface area contributed by atoms with E-state index < -0.39 is 0 Å². The Morgan fingerprint density at radius 2 is 1.50 bits per heavy atom. The average molecular weight is 193 g/mol. The third-order valence-electron chi connectivity index (χ3n) is 1.25. The smallest absolute Gasteiger partial charge is 0.147 e. The standard InChI is InChI=1S/C7H7.Al.2ClH.2H/c1-7-5-3-2-4-6-7;;;;;/h2-6H,1H2;;2*1H;;. The second-order valence-corrected chi connectivity index (χ2v) is 2.55. The van der Waals surface area contributed by atoms with Crippen molar-refractivity contribution < 1.29 is 0 Å². The van der Waals surface area contributed by atoms with Crippen LogP contribution in [0.1, 0.15) is 5.56 Å². The van der Waals surface area contributed by atoms with E-state index in [0.29, 0.717) is 0 Å². The van der Waals surface area contributed by atoms with Gasteiger partial charge in [0.25, 0.3) is 0 Å². The largest absolute Gasteiger partial charge is 0.218 e. The molecular formula is C7H11AlCl2. The highest BCUT2D eigenvalue weighted by molar-refractivity contribution is 6.08. The van der Waals surface area contributed by atoms with Gasteiger partial charge in [-0.25, -0.2) is 0 Å². The fourth-order valence-electron chi connectivity index (χ4n) is 0.714. The highest BCUT2D eigenvalue weighted by atomic mass is 35.5. The van der Waals surface area contributed by atoms with Gasteiger partial charge in [0.15, 0.2) is 0 Å². The molecular weight excluding hydrogens is 182 g/mol. The number of rotatable bonds is 1. The highest BCUT2D eigenvalue weighted by Gasteiger charge is 1.80. The van der Waals surface area contributed by atoms with Crippen LogP contribution < -0.4 is 0 Å². The van der Waals surface area contributed by atoms with Crippen LogP contribution in [0.3, 0.4) is 0 Å². The van der Waals surface area contributed by atoms with E-state index in [-0.39, 0.29) is 24.8 Å². The van der Waals surface area contributed by atoms with Crippen LogP contribution in [0.5, 0.6) is 0 Å². The van der Waals surface area contributed by atoms with Crippen LogP contribution in [0, 0.1) is 0 Å². The maximum absolute atomic E-state index is 2.17. The molecule has 0 aliphatic rings. The van der Waals surface area contributed by atoms with Gasteiger partial charge in [-0.15, -0.1) is 24.8 Å². The molecule has 1 aromatic rings. The van der Waals surface area contributed by atoms with Crippen LogP contribution in [0.2, 0.25) is 0 Å². The molecule has 1 rings (SSSR count). The molecule has 0 heterocycles. The van der Waals surface area contributed by atoms with Crippen LogP contribution in [-0.4, -0.2) is 16.3 Å². The lowest BCUT2D eigenvalue weighted by atomic mass is 10.2. The van der Waals surface area contributed by atoms with Crippen LogP contribution in [0.4, 0.5) is 0 Å². The Labute approximate surface area is 82.3 Å². The third kappa shape index (κ3) is 4.20. The first-order valence-electron chi connectivity index (χ1n) is 2.97.